The van der Waals surface area contributed by atoms with Gasteiger partial charge < -0.3 is 5.32 Å². The maximum absolute atomic E-state index is 3.97. The molecule has 0 aliphatic rings. The molecule has 0 fully saturated rings. The number of hydrogen-bond donors (Lipinski definition) is 1. The molecule has 1 N–H and O–H groups in total. The molecule has 0 saturated heterocycles. The Morgan fingerprint density at radius 1 is 1.41 bits per heavy atom. The summed E-state index contributed by atoms with van der Waals surface area (Å²) in [6, 6.07) is 0.539. The van der Waals surface area contributed by atoms with Crippen molar-refractivity contribution in [1.29, 1.82) is 0 Å². The number of nitrogens with zero attached hydrogens (tertiary/aromatic N) is 3. The molecule has 0 amide bonds. The lowest BCUT2D eigenvalue weighted by molar-refractivity contribution is 0.254. The fourth-order valence-electron chi connectivity index (χ4n) is 1.99. The molecule has 1 aromatic heterocycles. The first-order chi connectivity index (χ1) is 7.95. The number of nitrogens with one attached hydrogen (secondary N) is 1. The zero-order valence-electron chi connectivity index (χ0n) is 11.8. The Morgan fingerprint density at radius 2 is 2.12 bits per heavy atom. The van der Waals surface area contributed by atoms with Crippen molar-refractivity contribution in [1.82, 2.24) is 20.3 Å². The Kier molecular flexibility index (Phi) is 5.12. The molecule has 1 aromatic rings. The fraction of sp³-hybridized carbons (Fsp3) is 0.846. The Hall–Kier alpha value is -0.900. The first-order valence-corrected chi connectivity index (χ1v) is 6.52. The lowest BCUT2D eigenvalue weighted by atomic mass is 9.83. The Morgan fingerprint density at radius 3 is 2.59 bits per heavy atom. The molecule has 0 aliphatic heterocycles. The molecule has 4 nitrogen and oxygen atoms in total. The summed E-state index contributed by atoms with van der Waals surface area (Å²) >= 11 is 0. The number of rotatable bonds is 6. The third-order valence-electron chi connectivity index (χ3n) is 3.18. The summed E-state index contributed by atoms with van der Waals surface area (Å²) in [5.74, 6) is 0. The number of hydrogen-bond acceptors (Lipinski definition) is 3. The van der Waals surface area contributed by atoms with Gasteiger partial charge in [-0.25, -0.2) is 0 Å². The van der Waals surface area contributed by atoms with Crippen LogP contribution < -0.4 is 5.32 Å². The van der Waals surface area contributed by atoms with E-state index < -0.39 is 0 Å². The molecule has 1 rings (SSSR count). The van der Waals surface area contributed by atoms with Gasteiger partial charge in [-0.1, -0.05) is 32.9 Å². The van der Waals surface area contributed by atoms with Crippen LogP contribution in [0.2, 0.25) is 0 Å². The highest BCUT2D eigenvalue weighted by molar-refractivity contribution is 4.95. The topological polar surface area (TPSA) is 42.7 Å². The second kappa shape index (κ2) is 6.15. The van der Waals surface area contributed by atoms with E-state index in [-0.39, 0.29) is 0 Å². The van der Waals surface area contributed by atoms with Gasteiger partial charge in [-0.2, -0.15) is 0 Å². The van der Waals surface area contributed by atoms with Crippen LogP contribution in [-0.4, -0.2) is 27.6 Å². The van der Waals surface area contributed by atoms with Gasteiger partial charge in [-0.15, -0.1) is 5.10 Å². The van der Waals surface area contributed by atoms with Crippen molar-refractivity contribution in [2.45, 2.75) is 53.0 Å². The van der Waals surface area contributed by atoms with Gasteiger partial charge in [0.1, 0.15) is 0 Å². The van der Waals surface area contributed by atoms with Gasteiger partial charge in [-0.05, 0) is 31.2 Å². The monoisotopic (exact) mass is 238 g/mol. The molecular weight excluding hydrogens is 212 g/mol. The van der Waals surface area contributed by atoms with Crippen LogP contribution in [-0.2, 0) is 13.5 Å². The quantitative estimate of drug-likeness (QED) is 0.826. The first kappa shape index (κ1) is 14.2. The summed E-state index contributed by atoms with van der Waals surface area (Å²) < 4.78 is 1.86. The van der Waals surface area contributed by atoms with Gasteiger partial charge in [0.25, 0.3) is 0 Å². The molecule has 1 heterocycles. The third-order valence-corrected chi connectivity index (χ3v) is 3.18. The summed E-state index contributed by atoms with van der Waals surface area (Å²) in [6.07, 6.45) is 5.20. The number of aryl methyl sites for hydroxylation is 2. The zero-order valence-corrected chi connectivity index (χ0v) is 11.8. The van der Waals surface area contributed by atoms with E-state index in [1.807, 2.05) is 17.9 Å². The summed E-state index contributed by atoms with van der Waals surface area (Å²) in [6.45, 7) is 10.2. The van der Waals surface area contributed by atoms with Crippen LogP contribution in [0.15, 0.2) is 6.20 Å². The molecule has 0 spiro atoms. The maximum atomic E-state index is 3.97. The van der Waals surface area contributed by atoms with E-state index in [0.717, 1.165) is 19.4 Å². The van der Waals surface area contributed by atoms with Crippen molar-refractivity contribution in [3.63, 3.8) is 0 Å². The Balaban J connectivity index is 2.52. The second-order valence-corrected chi connectivity index (χ2v) is 5.76. The lowest BCUT2D eigenvalue weighted by Crippen LogP contribution is -2.41. The summed E-state index contributed by atoms with van der Waals surface area (Å²) in [5, 5.41) is 11.5. The lowest BCUT2D eigenvalue weighted by Gasteiger charge is -2.31. The van der Waals surface area contributed by atoms with Gasteiger partial charge in [-0.3, -0.25) is 4.68 Å². The van der Waals surface area contributed by atoms with Crippen LogP contribution in [0.25, 0.3) is 0 Å². The van der Waals surface area contributed by atoms with E-state index in [9.17, 15) is 0 Å². The standard InChI is InChI=1S/C13H26N4/c1-6-9-14-12(13(2,3)4)8-7-11-10-15-16-17(11)5/h10,12,14H,6-9H2,1-5H3. The smallest absolute Gasteiger partial charge is 0.0724 e. The molecule has 4 heteroatoms. The van der Waals surface area contributed by atoms with Crippen LogP contribution in [0.4, 0.5) is 0 Å². The van der Waals surface area contributed by atoms with E-state index in [1.165, 1.54) is 12.1 Å². The van der Waals surface area contributed by atoms with Gasteiger partial charge >= 0.3 is 0 Å². The molecule has 0 bridgehead atoms. The van der Waals surface area contributed by atoms with Crippen molar-refractivity contribution in [3.8, 4) is 0 Å². The predicted molar refractivity (Wildman–Crippen MR) is 70.9 cm³/mol. The molecule has 0 radical (unpaired) electrons. The van der Waals surface area contributed by atoms with Crippen LogP contribution in [0.3, 0.4) is 0 Å². The highest BCUT2D eigenvalue weighted by atomic mass is 15.4. The first-order valence-electron chi connectivity index (χ1n) is 6.52. The van der Waals surface area contributed by atoms with E-state index in [0.29, 0.717) is 11.5 Å². The van der Waals surface area contributed by atoms with Gasteiger partial charge in [0.15, 0.2) is 0 Å². The molecule has 0 aromatic carbocycles. The van der Waals surface area contributed by atoms with Crippen molar-refractivity contribution in [2.75, 3.05) is 6.54 Å². The minimum absolute atomic E-state index is 0.293. The van der Waals surface area contributed by atoms with Crippen molar-refractivity contribution in [3.05, 3.63) is 11.9 Å². The predicted octanol–water partition coefficient (Wildman–Crippen LogP) is 2.16. The second-order valence-electron chi connectivity index (χ2n) is 5.76. The average Bonchev–Trinajstić information content (AvgIpc) is 2.62. The summed E-state index contributed by atoms with van der Waals surface area (Å²) in [7, 11) is 1.95. The van der Waals surface area contributed by atoms with Gasteiger partial charge in [0.2, 0.25) is 0 Å². The van der Waals surface area contributed by atoms with E-state index in [2.05, 4.69) is 43.3 Å². The normalized spacial score (nSPS) is 13.9. The molecular formula is C13H26N4. The highest BCUT2D eigenvalue weighted by Crippen LogP contribution is 2.23. The largest absolute Gasteiger partial charge is 0.313 e. The molecule has 17 heavy (non-hydrogen) atoms. The molecule has 0 aliphatic carbocycles. The molecule has 0 saturated carbocycles. The van der Waals surface area contributed by atoms with Crippen LogP contribution >= 0.6 is 0 Å². The highest BCUT2D eigenvalue weighted by Gasteiger charge is 2.23. The zero-order chi connectivity index (χ0) is 12.9. The van der Waals surface area contributed by atoms with Crippen molar-refractivity contribution in [2.24, 2.45) is 12.5 Å². The molecule has 98 valence electrons. The molecule has 1 atom stereocenters. The van der Waals surface area contributed by atoms with Gasteiger partial charge in [0, 0.05) is 13.1 Å². The van der Waals surface area contributed by atoms with Crippen molar-refractivity contribution < 1.29 is 0 Å². The van der Waals surface area contributed by atoms with E-state index in [1.54, 1.807) is 0 Å². The fourth-order valence-corrected chi connectivity index (χ4v) is 1.99. The van der Waals surface area contributed by atoms with Crippen LogP contribution in [0, 0.1) is 5.41 Å². The Bertz CT molecular complexity index is 324. The Labute approximate surface area is 105 Å². The van der Waals surface area contributed by atoms with Gasteiger partial charge in [0.05, 0.1) is 11.9 Å². The minimum Gasteiger partial charge on any atom is -0.313 e. The minimum atomic E-state index is 0.293. The SMILES string of the molecule is CCCNC(CCc1cnnn1C)C(C)(C)C. The summed E-state index contributed by atoms with van der Waals surface area (Å²) in [5.41, 5.74) is 1.50. The summed E-state index contributed by atoms with van der Waals surface area (Å²) in [4.78, 5) is 0. The average molecular weight is 238 g/mol. The van der Waals surface area contributed by atoms with Crippen LogP contribution in [0.1, 0.15) is 46.2 Å². The van der Waals surface area contributed by atoms with E-state index >= 15 is 0 Å². The van der Waals surface area contributed by atoms with Crippen molar-refractivity contribution >= 4 is 0 Å². The number of aromatic nitrogens is 3. The van der Waals surface area contributed by atoms with Crippen LogP contribution in [0.5, 0.6) is 0 Å². The van der Waals surface area contributed by atoms with E-state index in [4.69, 9.17) is 0 Å². The maximum Gasteiger partial charge on any atom is 0.0724 e. The third kappa shape index (κ3) is 4.46. The molecule has 1 unspecified atom stereocenters.